The number of halogens is 1. The van der Waals surface area contributed by atoms with Gasteiger partial charge < -0.3 is 5.11 Å². The molecule has 0 atom stereocenters. The van der Waals surface area contributed by atoms with Crippen molar-refractivity contribution >= 4 is 15.9 Å². The van der Waals surface area contributed by atoms with Gasteiger partial charge in [0.25, 0.3) is 0 Å². The molecule has 3 heteroatoms. The first-order valence-electron chi connectivity index (χ1n) is 4.08. The van der Waals surface area contributed by atoms with E-state index in [1.165, 1.54) is 0 Å². The van der Waals surface area contributed by atoms with Crippen LogP contribution in [0.2, 0.25) is 0 Å². The van der Waals surface area contributed by atoms with Crippen LogP contribution >= 0.6 is 15.9 Å². The standard InChI is InChI=1S/C10H8BrNO/c11-8-2-1-7(5-9(8)13)10(6-12)3-4-10/h1-2,5,13H,3-4H2. The van der Waals surface area contributed by atoms with Gasteiger partial charge in [0.2, 0.25) is 0 Å². The van der Waals surface area contributed by atoms with E-state index in [1.54, 1.807) is 12.1 Å². The molecule has 1 saturated carbocycles. The maximum absolute atomic E-state index is 9.43. The minimum Gasteiger partial charge on any atom is -0.507 e. The van der Waals surface area contributed by atoms with Crippen molar-refractivity contribution in [2.45, 2.75) is 18.3 Å². The fourth-order valence-corrected chi connectivity index (χ4v) is 1.65. The molecule has 0 heterocycles. The summed E-state index contributed by atoms with van der Waals surface area (Å²) in [5.41, 5.74) is 0.619. The molecule has 1 aromatic carbocycles. The van der Waals surface area contributed by atoms with Gasteiger partial charge in [0.1, 0.15) is 5.75 Å². The summed E-state index contributed by atoms with van der Waals surface area (Å²) in [5.74, 6) is 0.207. The number of aromatic hydroxyl groups is 1. The topological polar surface area (TPSA) is 44.0 Å². The molecule has 66 valence electrons. The summed E-state index contributed by atoms with van der Waals surface area (Å²) >= 11 is 3.21. The molecule has 0 aliphatic heterocycles. The molecule has 1 fully saturated rings. The number of nitriles is 1. The van der Waals surface area contributed by atoms with Crippen LogP contribution in [0.25, 0.3) is 0 Å². The van der Waals surface area contributed by atoms with E-state index < -0.39 is 0 Å². The van der Waals surface area contributed by atoms with Crippen molar-refractivity contribution in [3.05, 3.63) is 28.2 Å². The highest BCUT2D eigenvalue weighted by atomic mass is 79.9. The fourth-order valence-electron chi connectivity index (χ4n) is 1.40. The van der Waals surface area contributed by atoms with Gasteiger partial charge in [-0.1, -0.05) is 6.07 Å². The van der Waals surface area contributed by atoms with Crippen molar-refractivity contribution in [2.24, 2.45) is 0 Å². The monoisotopic (exact) mass is 237 g/mol. The van der Waals surface area contributed by atoms with Crippen molar-refractivity contribution in [3.8, 4) is 11.8 Å². The first kappa shape index (κ1) is 8.58. The maximum Gasteiger partial charge on any atom is 0.130 e. The van der Waals surface area contributed by atoms with Crippen LogP contribution in [0.4, 0.5) is 0 Å². The Morgan fingerprint density at radius 2 is 2.15 bits per heavy atom. The molecule has 0 unspecified atom stereocenters. The van der Waals surface area contributed by atoms with Crippen molar-refractivity contribution in [2.75, 3.05) is 0 Å². The van der Waals surface area contributed by atoms with E-state index in [-0.39, 0.29) is 11.2 Å². The molecule has 1 aromatic rings. The molecule has 0 spiro atoms. The van der Waals surface area contributed by atoms with Gasteiger partial charge in [-0.2, -0.15) is 5.26 Å². The van der Waals surface area contributed by atoms with E-state index >= 15 is 0 Å². The van der Waals surface area contributed by atoms with Gasteiger partial charge >= 0.3 is 0 Å². The number of hydrogen-bond donors (Lipinski definition) is 1. The Hall–Kier alpha value is -1.01. The zero-order chi connectivity index (χ0) is 9.47. The first-order valence-corrected chi connectivity index (χ1v) is 4.87. The lowest BCUT2D eigenvalue weighted by molar-refractivity contribution is 0.470. The minimum absolute atomic E-state index is 0.207. The normalized spacial score (nSPS) is 17.8. The van der Waals surface area contributed by atoms with Crippen LogP contribution < -0.4 is 0 Å². The average Bonchev–Trinajstić information content (AvgIpc) is 2.90. The van der Waals surface area contributed by atoms with Gasteiger partial charge in [-0.05, 0) is 46.5 Å². The zero-order valence-corrected chi connectivity index (χ0v) is 8.50. The second-order valence-corrected chi connectivity index (χ2v) is 4.21. The van der Waals surface area contributed by atoms with E-state index in [0.717, 1.165) is 18.4 Å². The van der Waals surface area contributed by atoms with E-state index in [9.17, 15) is 5.11 Å². The third kappa shape index (κ3) is 1.31. The Labute approximate surface area is 84.9 Å². The summed E-state index contributed by atoms with van der Waals surface area (Å²) in [6, 6.07) is 7.62. The summed E-state index contributed by atoms with van der Waals surface area (Å²) in [6.45, 7) is 0. The number of phenols is 1. The van der Waals surface area contributed by atoms with Gasteiger partial charge in [-0.3, -0.25) is 0 Å². The van der Waals surface area contributed by atoms with Crippen LogP contribution in [-0.2, 0) is 5.41 Å². The molecule has 0 bridgehead atoms. The van der Waals surface area contributed by atoms with E-state index in [2.05, 4.69) is 22.0 Å². The zero-order valence-electron chi connectivity index (χ0n) is 6.92. The highest BCUT2D eigenvalue weighted by molar-refractivity contribution is 9.10. The lowest BCUT2D eigenvalue weighted by atomic mass is 9.98. The van der Waals surface area contributed by atoms with E-state index in [1.807, 2.05) is 6.07 Å². The summed E-state index contributed by atoms with van der Waals surface area (Å²) in [5, 5.41) is 18.4. The summed E-state index contributed by atoms with van der Waals surface area (Å²) in [4.78, 5) is 0. The number of hydrogen-bond acceptors (Lipinski definition) is 2. The Bertz CT molecular complexity index is 390. The Morgan fingerprint density at radius 1 is 1.46 bits per heavy atom. The quantitative estimate of drug-likeness (QED) is 0.817. The molecule has 1 aliphatic rings. The van der Waals surface area contributed by atoms with Crippen LogP contribution in [0.1, 0.15) is 18.4 Å². The molecular formula is C10H8BrNO. The van der Waals surface area contributed by atoms with E-state index in [0.29, 0.717) is 4.47 Å². The summed E-state index contributed by atoms with van der Waals surface area (Å²) in [7, 11) is 0. The second kappa shape index (κ2) is 2.74. The molecule has 1 N–H and O–H groups in total. The summed E-state index contributed by atoms with van der Waals surface area (Å²) < 4.78 is 0.671. The predicted octanol–water partition coefficient (Wildman–Crippen LogP) is 2.71. The van der Waals surface area contributed by atoms with Gasteiger partial charge in [0.05, 0.1) is 16.0 Å². The van der Waals surface area contributed by atoms with Gasteiger partial charge in [-0.15, -0.1) is 0 Å². The highest BCUT2D eigenvalue weighted by Crippen LogP contribution is 2.48. The van der Waals surface area contributed by atoms with Crippen LogP contribution in [0, 0.1) is 11.3 Å². The number of phenolic OH excluding ortho intramolecular Hbond substituents is 1. The molecule has 1 aliphatic carbocycles. The lowest BCUT2D eigenvalue weighted by Gasteiger charge is -2.06. The van der Waals surface area contributed by atoms with Gasteiger partial charge in [0.15, 0.2) is 0 Å². The third-order valence-electron chi connectivity index (χ3n) is 2.46. The van der Waals surface area contributed by atoms with Crippen LogP contribution in [0.5, 0.6) is 5.75 Å². The highest BCUT2D eigenvalue weighted by Gasteiger charge is 2.45. The van der Waals surface area contributed by atoms with Crippen molar-refractivity contribution < 1.29 is 5.11 Å². The van der Waals surface area contributed by atoms with Gasteiger partial charge in [0, 0.05) is 0 Å². The van der Waals surface area contributed by atoms with Crippen molar-refractivity contribution in [1.82, 2.24) is 0 Å². The van der Waals surface area contributed by atoms with Crippen molar-refractivity contribution in [3.63, 3.8) is 0 Å². The molecule has 13 heavy (non-hydrogen) atoms. The Kier molecular flexibility index (Phi) is 1.81. The maximum atomic E-state index is 9.43. The largest absolute Gasteiger partial charge is 0.507 e. The number of nitrogens with zero attached hydrogens (tertiary/aromatic N) is 1. The smallest absolute Gasteiger partial charge is 0.130 e. The van der Waals surface area contributed by atoms with Crippen molar-refractivity contribution in [1.29, 1.82) is 5.26 Å². The minimum atomic E-state index is -0.307. The predicted molar refractivity (Wildman–Crippen MR) is 52.3 cm³/mol. The molecular weight excluding hydrogens is 230 g/mol. The van der Waals surface area contributed by atoms with E-state index in [4.69, 9.17) is 5.26 Å². The SMILES string of the molecule is N#CC1(c2ccc(Br)c(O)c2)CC1. The second-order valence-electron chi connectivity index (χ2n) is 3.36. The molecule has 0 aromatic heterocycles. The van der Waals surface area contributed by atoms with Crippen LogP contribution in [0.15, 0.2) is 22.7 Å². The van der Waals surface area contributed by atoms with Gasteiger partial charge in [-0.25, -0.2) is 0 Å². The van der Waals surface area contributed by atoms with Crippen LogP contribution in [-0.4, -0.2) is 5.11 Å². The molecule has 0 saturated heterocycles. The third-order valence-corrected chi connectivity index (χ3v) is 3.13. The summed E-state index contributed by atoms with van der Waals surface area (Å²) in [6.07, 6.45) is 1.81. The first-order chi connectivity index (χ1) is 6.18. The number of benzene rings is 1. The van der Waals surface area contributed by atoms with Crippen LogP contribution in [0.3, 0.4) is 0 Å². The Morgan fingerprint density at radius 3 is 2.62 bits per heavy atom. The number of rotatable bonds is 1. The molecule has 0 amide bonds. The Balaban J connectivity index is 2.44. The fraction of sp³-hybridized carbons (Fsp3) is 0.300. The molecule has 2 nitrogen and oxygen atoms in total. The molecule has 0 radical (unpaired) electrons. The average molecular weight is 238 g/mol. The molecule has 2 rings (SSSR count). The lowest BCUT2D eigenvalue weighted by Crippen LogP contribution is -2.01.